The topological polar surface area (TPSA) is 170 Å². The van der Waals surface area contributed by atoms with E-state index in [2.05, 4.69) is 15.0 Å². The van der Waals surface area contributed by atoms with E-state index in [0.717, 1.165) is 0 Å². The second-order valence-electron chi connectivity index (χ2n) is 8.50. The number of aldehydes is 1. The molecular formula is C29H29N3O10. The van der Waals surface area contributed by atoms with Gasteiger partial charge in [-0.15, -0.1) is 0 Å². The molecule has 0 fully saturated rings. The van der Waals surface area contributed by atoms with E-state index in [-0.39, 0.29) is 59.4 Å². The zero-order valence-electron chi connectivity index (χ0n) is 23.1. The Morgan fingerprint density at radius 2 is 1.14 bits per heavy atom. The fourth-order valence-corrected chi connectivity index (χ4v) is 3.36. The molecule has 0 unspecified atom stereocenters. The van der Waals surface area contributed by atoms with Gasteiger partial charge in [-0.2, -0.15) is 0 Å². The van der Waals surface area contributed by atoms with Crippen molar-refractivity contribution in [1.29, 1.82) is 0 Å². The third-order valence-electron chi connectivity index (χ3n) is 5.29. The third kappa shape index (κ3) is 9.47. The number of rotatable bonds is 15. The van der Waals surface area contributed by atoms with Crippen molar-refractivity contribution in [3.63, 3.8) is 0 Å². The monoisotopic (exact) mass is 579 g/mol. The smallest absolute Gasteiger partial charge is 0.359 e. The lowest BCUT2D eigenvalue weighted by Crippen LogP contribution is -2.14. The predicted molar refractivity (Wildman–Crippen MR) is 145 cm³/mol. The molecular weight excluding hydrogens is 550 g/mol. The first-order chi connectivity index (χ1) is 20.3. The van der Waals surface area contributed by atoms with E-state index in [1.54, 1.807) is 24.3 Å². The number of hydrogen-bond acceptors (Lipinski definition) is 13. The number of carbonyl (C=O) groups excluding carboxylic acids is 5. The van der Waals surface area contributed by atoms with Crippen LogP contribution in [0.25, 0.3) is 22.8 Å². The van der Waals surface area contributed by atoms with Crippen molar-refractivity contribution in [1.82, 2.24) is 15.0 Å². The van der Waals surface area contributed by atoms with E-state index in [1.807, 2.05) is 13.8 Å². The SMILES string of the molecule is CCCC(=O)OCOC(=O)c1cccc(-c2cc(OCC=O)cc(-c3cccc(C(=O)OCOC(=O)CCC)n3)n2)n1. The highest BCUT2D eigenvalue weighted by molar-refractivity contribution is 5.88. The van der Waals surface area contributed by atoms with Crippen LogP contribution in [0.5, 0.6) is 5.75 Å². The molecule has 0 saturated carbocycles. The standard InChI is InChI=1S/C29H29N3O10/c1-3-7-26(34)39-17-41-28(36)22-11-5-9-20(30-22)24-15-19(38-14-13-33)16-25(32-24)21-10-6-12-23(31-21)29(37)42-18-40-27(35)8-4-2/h5-6,9-13,15-16H,3-4,7-8,14,17-18H2,1-2H3. The van der Waals surface area contributed by atoms with Gasteiger partial charge >= 0.3 is 23.9 Å². The van der Waals surface area contributed by atoms with Crippen LogP contribution in [-0.4, -0.2) is 65.3 Å². The summed E-state index contributed by atoms with van der Waals surface area (Å²) < 4.78 is 25.1. The van der Waals surface area contributed by atoms with Gasteiger partial charge in [-0.1, -0.05) is 26.0 Å². The molecule has 3 heterocycles. The second kappa shape index (κ2) is 16.2. The summed E-state index contributed by atoms with van der Waals surface area (Å²) >= 11 is 0. The van der Waals surface area contributed by atoms with Gasteiger partial charge in [0.25, 0.3) is 0 Å². The molecule has 3 aromatic heterocycles. The Morgan fingerprint density at radius 3 is 1.57 bits per heavy atom. The fraction of sp³-hybridized carbons (Fsp3) is 0.310. The lowest BCUT2D eigenvalue weighted by Gasteiger charge is -2.11. The van der Waals surface area contributed by atoms with Crippen molar-refractivity contribution >= 4 is 30.2 Å². The fourth-order valence-electron chi connectivity index (χ4n) is 3.36. The van der Waals surface area contributed by atoms with E-state index in [4.69, 9.17) is 23.7 Å². The Bertz CT molecular complexity index is 1330. The molecule has 0 aliphatic carbocycles. The Morgan fingerprint density at radius 1 is 0.667 bits per heavy atom. The van der Waals surface area contributed by atoms with Gasteiger partial charge in [-0.25, -0.2) is 24.5 Å². The van der Waals surface area contributed by atoms with Crippen molar-refractivity contribution in [2.24, 2.45) is 0 Å². The van der Waals surface area contributed by atoms with Crippen LogP contribution in [0.1, 0.15) is 60.5 Å². The highest BCUT2D eigenvalue weighted by atomic mass is 16.7. The van der Waals surface area contributed by atoms with E-state index in [0.29, 0.717) is 19.1 Å². The molecule has 3 aromatic rings. The molecule has 42 heavy (non-hydrogen) atoms. The van der Waals surface area contributed by atoms with Crippen LogP contribution in [0.2, 0.25) is 0 Å². The van der Waals surface area contributed by atoms with Gasteiger partial charge < -0.3 is 23.7 Å². The summed E-state index contributed by atoms with van der Waals surface area (Å²) in [4.78, 5) is 72.0. The summed E-state index contributed by atoms with van der Waals surface area (Å²) in [5, 5.41) is 0. The minimum absolute atomic E-state index is 0.0656. The highest BCUT2D eigenvalue weighted by Gasteiger charge is 2.16. The maximum absolute atomic E-state index is 12.5. The summed E-state index contributed by atoms with van der Waals surface area (Å²) in [7, 11) is 0. The molecule has 220 valence electrons. The van der Waals surface area contributed by atoms with Gasteiger partial charge in [-0.3, -0.25) is 14.4 Å². The second-order valence-corrected chi connectivity index (χ2v) is 8.50. The van der Waals surface area contributed by atoms with Crippen molar-refractivity contribution < 1.29 is 47.7 Å². The zero-order chi connectivity index (χ0) is 30.3. The molecule has 0 aromatic carbocycles. The quantitative estimate of drug-likeness (QED) is 0.145. The van der Waals surface area contributed by atoms with Gasteiger partial charge in [-0.05, 0) is 37.1 Å². The number of aromatic nitrogens is 3. The number of hydrogen-bond donors (Lipinski definition) is 0. The predicted octanol–water partition coefficient (Wildman–Crippen LogP) is 3.70. The minimum Gasteiger partial charge on any atom is -0.486 e. The van der Waals surface area contributed by atoms with E-state index >= 15 is 0 Å². The molecule has 3 rings (SSSR count). The first-order valence-electron chi connectivity index (χ1n) is 13.0. The molecule has 0 aliphatic heterocycles. The van der Waals surface area contributed by atoms with Crippen LogP contribution < -0.4 is 4.74 Å². The van der Waals surface area contributed by atoms with E-state index < -0.39 is 37.5 Å². The zero-order valence-corrected chi connectivity index (χ0v) is 23.1. The van der Waals surface area contributed by atoms with Crippen LogP contribution in [0, 0.1) is 0 Å². The number of pyridine rings is 3. The Hall–Kier alpha value is -5.20. The molecule has 0 bridgehead atoms. The molecule has 13 heteroatoms. The molecule has 0 spiro atoms. The summed E-state index contributed by atoms with van der Waals surface area (Å²) in [5.74, 6) is -2.36. The van der Waals surface area contributed by atoms with Crippen molar-refractivity contribution in [2.45, 2.75) is 39.5 Å². The number of carbonyl (C=O) groups is 5. The van der Waals surface area contributed by atoms with Gasteiger partial charge in [0, 0.05) is 25.0 Å². The van der Waals surface area contributed by atoms with Gasteiger partial charge in [0.05, 0.1) is 22.8 Å². The van der Waals surface area contributed by atoms with Gasteiger partial charge in [0.15, 0.2) is 6.29 Å². The summed E-state index contributed by atoms with van der Waals surface area (Å²) in [5.41, 5.74) is 0.905. The van der Waals surface area contributed by atoms with Crippen LogP contribution in [0.4, 0.5) is 0 Å². The highest BCUT2D eigenvalue weighted by Crippen LogP contribution is 2.27. The number of ether oxygens (including phenoxy) is 5. The maximum atomic E-state index is 12.5. The van der Waals surface area contributed by atoms with Crippen LogP contribution in [0.15, 0.2) is 48.5 Å². The Labute approximate surface area is 241 Å². The molecule has 0 amide bonds. The lowest BCUT2D eigenvalue weighted by molar-refractivity contribution is -0.153. The summed E-state index contributed by atoms with van der Waals surface area (Å²) in [6.07, 6.45) is 2.18. The molecule has 0 atom stereocenters. The minimum atomic E-state index is -0.817. The molecule has 0 saturated heterocycles. The maximum Gasteiger partial charge on any atom is 0.359 e. The average Bonchev–Trinajstić information content (AvgIpc) is 3.00. The Kier molecular flexibility index (Phi) is 12.1. The first kappa shape index (κ1) is 31.3. The summed E-state index contributed by atoms with van der Waals surface area (Å²) in [6, 6.07) is 12.2. The number of nitrogens with zero attached hydrogens (tertiary/aromatic N) is 3. The van der Waals surface area contributed by atoms with Crippen molar-refractivity contribution in [3.05, 3.63) is 59.9 Å². The molecule has 0 radical (unpaired) electrons. The first-order valence-corrected chi connectivity index (χ1v) is 13.0. The van der Waals surface area contributed by atoms with Crippen LogP contribution in [0.3, 0.4) is 0 Å². The van der Waals surface area contributed by atoms with Crippen LogP contribution >= 0.6 is 0 Å². The number of esters is 4. The normalized spacial score (nSPS) is 10.3. The summed E-state index contributed by atoms with van der Waals surface area (Å²) in [6.45, 7) is 2.30. The van der Waals surface area contributed by atoms with E-state index in [9.17, 15) is 24.0 Å². The van der Waals surface area contributed by atoms with Gasteiger partial charge in [0.2, 0.25) is 13.6 Å². The molecule has 13 nitrogen and oxygen atoms in total. The Balaban J connectivity index is 1.84. The molecule has 0 N–H and O–H groups in total. The average molecular weight is 580 g/mol. The van der Waals surface area contributed by atoms with E-state index in [1.165, 1.54) is 24.3 Å². The van der Waals surface area contributed by atoms with Gasteiger partial charge in [0.1, 0.15) is 23.7 Å². The largest absolute Gasteiger partial charge is 0.486 e. The van der Waals surface area contributed by atoms with Crippen molar-refractivity contribution in [2.75, 3.05) is 20.2 Å². The third-order valence-corrected chi connectivity index (χ3v) is 5.29. The molecule has 0 aliphatic rings. The lowest BCUT2D eigenvalue weighted by atomic mass is 10.1. The van der Waals surface area contributed by atoms with Crippen LogP contribution in [-0.2, 0) is 33.3 Å². The van der Waals surface area contributed by atoms with Crippen molar-refractivity contribution in [3.8, 4) is 28.5 Å².